The normalized spacial score (nSPS) is 11.4. The van der Waals surface area contributed by atoms with Gasteiger partial charge in [0.15, 0.2) is 6.61 Å². The first kappa shape index (κ1) is 19.3. The van der Waals surface area contributed by atoms with Gasteiger partial charge in [0.1, 0.15) is 11.5 Å². The minimum Gasteiger partial charge on any atom is -0.550 e. The molecule has 0 aliphatic carbocycles. The predicted octanol–water partition coefficient (Wildman–Crippen LogP) is 1.85. The van der Waals surface area contributed by atoms with Crippen molar-refractivity contribution in [2.45, 2.75) is 25.8 Å². The molecule has 1 amide bonds. The van der Waals surface area contributed by atoms with E-state index in [0.717, 1.165) is 6.42 Å². The Hall–Kier alpha value is -3.02. The number of benzene rings is 2. The monoisotopic (exact) mass is 356 g/mol. The van der Waals surface area contributed by atoms with Crippen LogP contribution in [0.15, 0.2) is 54.6 Å². The first-order chi connectivity index (χ1) is 12.6. The van der Waals surface area contributed by atoms with E-state index in [4.69, 9.17) is 9.47 Å². The van der Waals surface area contributed by atoms with Gasteiger partial charge >= 0.3 is 0 Å². The second kappa shape index (κ2) is 10.1. The summed E-state index contributed by atoms with van der Waals surface area (Å²) in [6.07, 6.45) is 0.568. The quantitative estimate of drug-likeness (QED) is 0.702. The predicted molar refractivity (Wildman–Crippen MR) is 94.7 cm³/mol. The minimum atomic E-state index is -1.24. The van der Waals surface area contributed by atoms with E-state index in [1.165, 1.54) is 0 Å². The highest BCUT2D eigenvalue weighted by Gasteiger charge is 2.15. The van der Waals surface area contributed by atoms with E-state index in [1.54, 1.807) is 48.5 Å². The minimum absolute atomic E-state index is 0.203. The van der Waals surface area contributed by atoms with Crippen molar-refractivity contribution in [2.75, 3.05) is 13.2 Å². The number of carboxylic acids is 1. The average Bonchev–Trinajstić information content (AvgIpc) is 2.65. The van der Waals surface area contributed by atoms with Crippen LogP contribution in [-0.4, -0.2) is 25.1 Å². The van der Waals surface area contributed by atoms with Gasteiger partial charge in [0.2, 0.25) is 0 Å². The fraction of sp³-hybridized carbons (Fsp3) is 0.300. The Balaban J connectivity index is 1.97. The molecule has 0 radical (unpaired) electrons. The molecule has 2 aromatic rings. The number of rotatable bonds is 10. The third kappa shape index (κ3) is 6.47. The second-order valence-corrected chi connectivity index (χ2v) is 5.72. The van der Waals surface area contributed by atoms with E-state index in [-0.39, 0.29) is 13.0 Å². The Kier molecular flexibility index (Phi) is 7.49. The number of aliphatic carboxylic acids is 1. The first-order valence-corrected chi connectivity index (χ1v) is 8.48. The van der Waals surface area contributed by atoms with Gasteiger partial charge in [-0.05, 0) is 36.2 Å². The lowest BCUT2D eigenvalue weighted by Crippen LogP contribution is -2.36. The maximum Gasteiger partial charge on any atom is 0.258 e. The SMILES string of the molecule is CCCOc1ccc([C@@H](CC(=O)[O-])NC(=O)COc2ccccc2)cc1. The fourth-order valence-electron chi connectivity index (χ4n) is 2.34. The third-order valence-electron chi connectivity index (χ3n) is 3.57. The number of nitrogens with one attached hydrogen (secondary N) is 1. The van der Waals surface area contributed by atoms with E-state index in [9.17, 15) is 14.7 Å². The molecule has 1 N–H and O–H groups in total. The molecule has 0 bridgehead atoms. The lowest BCUT2D eigenvalue weighted by Gasteiger charge is -2.20. The molecule has 0 fully saturated rings. The van der Waals surface area contributed by atoms with Crippen molar-refractivity contribution in [2.24, 2.45) is 0 Å². The number of hydrogen-bond donors (Lipinski definition) is 1. The molecular weight excluding hydrogens is 334 g/mol. The van der Waals surface area contributed by atoms with Crippen molar-refractivity contribution < 1.29 is 24.2 Å². The molecule has 6 heteroatoms. The zero-order valence-electron chi connectivity index (χ0n) is 14.6. The number of ether oxygens (including phenoxy) is 2. The number of amides is 1. The summed E-state index contributed by atoms with van der Waals surface area (Å²) in [7, 11) is 0. The summed E-state index contributed by atoms with van der Waals surface area (Å²) in [5, 5.41) is 13.7. The molecule has 0 aromatic heterocycles. The van der Waals surface area contributed by atoms with Crippen LogP contribution in [0.3, 0.4) is 0 Å². The van der Waals surface area contributed by atoms with Crippen molar-refractivity contribution in [3.8, 4) is 11.5 Å². The molecule has 26 heavy (non-hydrogen) atoms. The number of carbonyl (C=O) groups is 2. The van der Waals surface area contributed by atoms with E-state index < -0.39 is 17.9 Å². The van der Waals surface area contributed by atoms with Crippen LogP contribution in [0.25, 0.3) is 0 Å². The van der Waals surface area contributed by atoms with Crippen molar-refractivity contribution >= 4 is 11.9 Å². The molecule has 2 rings (SSSR count). The molecule has 1 atom stereocenters. The third-order valence-corrected chi connectivity index (χ3v) is 3.57. The van der Waals surface area contributed by atoms with Crippen LogP contribution in [0.1, 0.15) is 31.4 Å². The molecule has 0 saturated carbocycles. The zero-order valence-corrected chi connectivity index (χ0v) is 14.6. The molecule has 0 spiro atoms. The summed E-state index contributed by atoms with van der Waals surface area (Å²) in [6.45, 7) is 2.41. The van der Waals surface area contributed by atoms with Crippen LogP contribution in [0.5, 0.6) is 11.5 Å². The number of hydrogen-bond acceptors (Lipinski definition) is 5. The van der Waals surface area contributed by atoms with E-state index in [0.29, 0.717) is 23.7 Å². The number of carboxylic acid groups (broad SMARTS) is 1. The number of carbonyl (C=O) groups excluding carboxylic acids is 2. The van der Waals surface area contributed by atoms with Crippen molar-refractivity contribution in [3.63, 3.8) is 0 Å². The van der Waals surface area contributed by atoms with Gasteiger partial charge in [-0.1, -0.05) is 37.3 Å². The first-order valence-electron chi connectivity index (χ1n) is 8.48. The molecule has 0 unspecified atom stereocenters. The van der Waals surface area contributed by atoms with E-state index >= 15 is 0 Å². The molecule has 6 nitrogen and oxygen atoms in total. The highest BCUT2D eigenvalue weighted by Crippen LogP contribution is 2.20. The highest BCUT2D eigenvalue weighted by molar-refractivity contribution is 5.79. The van der Waals surface area contributed by atoms with Gasteiger partial charge in [0.05, 0.1) is 12.6 Å². The molecule has 138 valence electrons. The summed E-state index contributed by atoms with van der Waals surface area (Å²) in [6, 6.07) is 15.2. The van der Waals surface area contributed by atoms with Crippen LogP contribution >= 0.6 is 0 Å². The zero-order chi connectivity index (χ0) is 18.8. The Morgan fingerprint density at radius 3 is 2.27 bits per heavy atom. The Bertz CT molecular complexity index is 700. The van der Waals surface area contributed by atoms with Gasteiger partial charge in [0.25, 0.3) is 5.91 Å². The van der Waals surface area contributed by atoms with Gasteiger partial charge in [-0.3, -0.25) is 4.79 Å². The van der Waals surface area contributed by atoms with Crippen LogP contribution in [0.2, 0.25) is 0 Å². The van der Waals surface area contributed by atoms with Crippen molar-refractivity contribution in [1.82, 2.24) is 5.32 Å². The Morgan fingerprint density at radius 2 is 1.65 bits per heavy atom. The van der Waals surface area contributed by atoms with Crippen molar-refractivity contribution in [1.29, 1.82) is 0 Å². The van der Waals surface area contributed by atoms with E-state index in [1.807, 2.05) is 13.0 Å². The fourth-order valence-corrected chi connectivity index (χ4v) is 2.34. The highest BCUT2D eigenvalue weighted by atomic mass is 16.5. The average molecular weight is 356 g/mol. The largest absolute Gasteiger partial charge is 0.550 e. The number of para-hydroxylation sites is 1. The summed E-state index contributed by atoms with van der Waals surface area (Å²) in [5.41, 5.74) is 0.658. The van der Waals surface area contributed by atoms with Crippen LogP contribution < -0.4 is 19.9 Å². The molecular formula is C20H22NO5-. The molecule has 0 aliphatic rings. The summed E-state index contributed by atoms with van der Waals surface area (Å²) >= 11 is 0. The topological polar surface area (TPSA) is 87.7 Å². The lowest BCUT2D eigenvalue weighted by atomic mass is 10.0. The van der Waals surface area contributed by atoms with Gasteiger partial charge < -0.3 is 24.7 Å². The van der Waals surface area contributed by atoms with Crippen molar-refractivity contribution in [3.05, 3.63) is 60.2 Å². The summed E-state index contributed by atoms with van der Waals surface area (Å²) in [4.78, 5) is 23.1. The molecule has 0 aliphatic heterocycles. The van der Waals surface area contributed by atoms with Gasteiger partial charge in [-0.2, -0.15) is 0 Å². The van der Waals surface area contributed by atoms with Crippen LogP contribution in [0.4, 0.5) is 0 Å². The van der Waals surface area contributed by atoms with Gasteiger partial charge in [-0.15, -0.1) is 0 Å². The van der Waals surface area contributed by atoms with Crippen LogP contribution in [-0.2, 0) is 9.59 Å². The van der Waals surface area contributed by atoms with Gasteiger partial charge in [-0.25, -0.2) is 0 Å². The van der Waals surface area contributed by atoms with Crippen LogP contribution in [0, 0.1) is 0 Å². The standard InChI is InChI=1S/C20H23NO5/c1-2-12-25-17-10-8-15(9-11-17)18(13-20(23)24)21-19(22)14-26-16-6-4-3-5-7-16/h3-11,18H,2,12-14H2,1H3,(H,21,22)(H,23,24)/p-1/t18-/m1/s1. The summed E-state index contributed by atoms with van der Waals surface area (Å²) < 4.78 is 10.9. The summed E-state index contributed by atoms with van der Waals surface area (Å²) in [5.74, 6) is -0.393. The maximum atomic E-state index is 12.1. The molecule has 0 heterocycles. The molecule has 2 aromatic carbocycles. The lowest BCUT2D eigenvalue weighted by molar-refractivity contribution is -0.306. The van der Waals surface area contributed by atoms with E-state index in [2.05, 4.69) is 5.32 Å². The Labute approximate surface area is 152 Å². The Morgan fingerprint density at radius 1 is 1.00 bits per heavy atom. The van der Waals surface area contributed by atoms with Gasteiger partial charge in [0, 0.05) is 12.4 Å². The smallest absolute Gasteiger partial charge is 0.258 e. The maximum absolute atomic E-state index is 12.1. The molecule has 0 saturated heterocycles. The second-order valence-electron chi connectivity index (χ2n) is 5.72.